The molecule has 0 spiro atoms. The Hall–Kier alpha value is -2.47. The average molecular weight is 288 g/mol. The highest BCUT2D eigenvalue weighted by Gasteiger charge is 2.07. The van der Waals surface area contributed by atoms with Gasteiger partial charge in [-0.25, -0.2) is 9.97 Å². The number of ether oxygens (including phenoxy) is 1. The van der Waals surface area contributed by atoms with Crippen molar-refractivity contribution in [2.75, 3.05) is 0 Å². The minimum absolute atomic E-state index is 0.385. The number of aromatic nitrogens is 5. The van der Waals surface area contributed by atoms with Gasteiger partial charge in [0.1, 0.15) is 29.9 Å². The third-order valence-electron chi connectivity index (χ3n) is 2.74. The highest BCUT2D eigenvalue weighted by molar-refractivity contribution is 6.30. The summed E-state index contributed by atoms with van der Waals surface area (Å²) in [7, 11) is 0. The van der Waals surface area contributed by atoms with E-state index in [9.17, 15) is 0 Å². The summed E-state index contributed by atoms with van der Waals surface area (Å²) in [6.07, 6.45) is 4.63. The molecule has 0 bridgehead atoms. The van der Waals surface area contributed by atoms with Gasteiger partial charge >= 0.3 is 0 Å². The molecule has 7 heteroatoms. The maximum atomic E-state index is 5.92. The van der Waals surface area contributed by atoms with E-state index >= 15 is 0 Å². The second-order valence-electron chi connectivity index (χ2n) is 4.06. The molecule has 0 aliphatic carbocycles. The van der Waals surface area contributed by atoms with Crippen LogP contribution in [0.5, 0.6) is 11.6 Å². The van der Waals surface area contributed by atoms with Crippen molar-refractivity contribution < 1.29 is 4.74 Å². The van der Waals surface area contributed by atoms with Gasteiger partial charge in [0, 0.05) is 11.3 Å². The van der Waals surface area contributed by atoms with E-state index in [0.717, 1.165) is 5.69 Å². The molecule has 3 aromatic rings. The fourth-order valence-corrected chi connectivity index (χ4v) is 1.77. The minimum atomic E-state index is 0.385. The van der Waals surface area contributed by atoms with Gasteiger partial charge < -0.3 is 4.74 Å². The first kappa shape index (κ1) is 12.6. The molecule has 0 saturated heterocycles. The molecule has 0 saturated carbocycles. The Morgan fingerprint density at radius 1 is 1.05 bits per heavy atom. The summed E-state index contributed by atoms with van der Waals surface area (Å²) in [6, 6.07) is 7.48. The number of nitrogens with zero attached hydrogens (tertiary/aromatic N) is 5. The van der Waals surface area contributed by atoms with Crippen molar-refractivity contribution in [3.05, 3.63) is 54.0 Å². The first-order valence-electron chi connectivity index (χ1n) is 5.84. The van der Waals surface area contributed by atoms with Crippen molar-refractivity contribution in [2.45, 2.75) is 6.92 Å². The van der Waals surface area contributed by atoms with Crippen LogP contribution in [0.1, 0.15) is 5.56 Å². The van der Waals surface area contributed by atoms with Crippen LogP contribution >= 0.6 is 11.6 Å². The fourth-order valence-electron chi connectivity index (χ4n) is 1.65. The summed E-state index contributed by atoms with van der Waals surface area (Å²) in [5.74, 6) is 1.11. The lowest BCUT2D eigenvalue weighted by Crippen LogP contribution is -1.94. The SMILES string of the molecule is Cc1c(Cl)ncnc1Oc1ccc(-n2cnnc2)cc1. The number of benzene rings is 1. The lowest BCUT2D eigenvalue weighted by molar-refractivity contribution is 0.457. The largest absolute Gasteiger partial charge is 0.439 e. The van der Waals surface area contributed by atoms with Crippen LogP contribution in [0, 0.1) is 6.92 Å². The van der Waals surface area contributed by atoms with Gasteiger partial charge in [-0.1, -0.05) is 11.6 Å². The Bertz CT molecular complexity index is 712. The number of rotatable bonds is 3. The maximum Gasteiger partial charge on any atom is 0.226 e. The highest BCUT2D eigenvalue weighted by atomic mass is 35.5. The Balaban J connectivity index is 1.83. The first-order valence-corrected chi connectivity index (χ1v) is 6.22. The van der Waals surface area contributed by atoms with Gasteiger partial charge in [-0.15, -0.1) is 10.2 Å². The molecular weight excluding hydrogens is 278 g/mol. The van der Waals surface area contributed by atoms with Crippen LogP contribution in [0.25, 0.3) is 5.69 Å². The number of hydrogen-bond donors (Lipinski definition) is 0. The summed E-state index contributed by atoms with van der Waals surface area (Å²) < 4.78 is 7.49. The zero-order chi connectivity index (χ0) is 13.9. The quantitative estimate of drug-likeness (QED) is 0.693. The normalized spacial score (nSPS) is 10.5. The molecule has 2 heterocycles. The predicted molar refractivity (Wildman–Crippen MR) is 73.2 cm³/mol. The van der Waals surface area contributed by atoms with Crippen molar-refractivity contribution in [2.24, 2.45) is 0 Å². The lowest BCUT2D eigenvalue weighted by Gasteiger charge is -2.08. The second kappa shape index (κ2) is 5.26. The summed E-state index contributed by atoms with van der Waals surface area (Å²) in [5.41, 5.74) is 1.65. The van der Waals surface area contributed by atoms with E-state index in [1.165, 1.54) is 6.33 Å². The summed E-state index contributed by atoms with van der Waals surface area (Å²) in [4.78, 5) is 7.95. The van der Waals surface area contributed by atoms with Crippen molar-refractivity contribution in [1.29, 1.82) is 0 Å². The zero-order valence-corrected chi connectivity index (χ0v) is 11.3. The van der Waals surface area contributed by atoms with E-state index in [-0.39, 0.29) is 0 Å². The van der Waals surface area contributed by atoms with Gasteiger partial charge in [0.2, 0.25) is 5.88 Å². The van der Waals surface area contributed by atoms with E-state index < -0.39 is 0 Å². The summed E-state index contributed by atoms with van der Waals surface area (Å²) in [6.45, 7) is 1.81. The molecule has 0 amide bonds. The summed E-state index contributed by atoms with van der Waals surface area (Å²) >= 11 is 5.92. The van der Waals surface area contributed by atoms with Crippen molar-refractivity contribution >= 4 is 11.6 Å². The fraction of sp³-hybridized carbons (Fsp3) is 0.0769. The van der Waals surface area contributed by atoms with Gasteiger partial charge in [-0.3, -0.25) is 4.57 Å². The molecule has 2 aromatic heterocycles. The van der Waals surface area contributed by atoms with E-state index in [2.05, 4.69) is 20.2 Å². The topological polar surface area (TPSA) is 65.7 Å². The lowest BCUT2D eigenvalue weighted by atomic mass is 10.3. The van der Waals surface area contributed by atoms with E-state index in [4.69, 9.17) is 16.3 Å². The van der Waals surface area contributed by atoms with Gasteiger partial charge in [0.05, 0.1) is 0 Å². The molecular formula is C13H10ClN5O. The van der Waals surface area contributed by atoms with Crippen molar-refractivity contribution in [3.8, 4) is 17.3 Å². The van der Waals surface area contributed by atoms with Crippen LogP contribution in [-0.4, -0.2) is 24.7 Å². The van der Waals surface area contributed by atoms with Crippen LogP contribution in [0.3, 0.4) is 0 Å². The van der Waals surface area contributed by atoms with Gasteiger partial charge in [-0.05, 0) is 31.2 Å². The Labute approximate surface area is 120 Å². The molecule has 20 heavy (non-hydrogen) atoms. The van der Waals surface area contributed by atoms with Crippen LogP contribution in [0.4, 0.5) is 0 Å². The Morgan fingerprint density at radius 3 is 2.45 bits per heavy atom. The number of halogens is 1. The molecule has 100 valence electrons. The molecule has 1 aromatic carbocycles. The molecule has 3 rings (SSSR count). The van der Waals surface area contributed by atoms with E-state index in [1.54, 1.807) is 17.2 Å². The van der Waals surface area contributed by atoms with Crippen LogP contribution in [0.2, 0.25) is 5.15 Å². The Kier molecular flexibility index (Phi) is 3.30. The first-order chi connectivity index (χ1) is 9.74. The predicted octanol–water partition coefficient (Wildman–Crippen LogP) is 2.81. The molecule has 0 N–H and O–H groups in total. The Morgan fingerprint density at radius 2 is 1.75 bits per heavy atom. The molecule has 0 atom stereocenters. The molecule has 0 fully saturated rings. The molecule has 0 radical (unpaired) electrons. The molecule has 6 nitrogen and oxygen atoms in total. The zero-order valence-electron chi connectivity index (χ0n) is 10.6. The third kappa shape index (κ3) is 2.46. The van der Waals surface area contributed by atoms with Gasteiger partial charge in [-0.2, -0.15) is 0 Å². The minimum Gasteiger partial charge on any atom is -0.439 e. The molecule has 0 aliphatic rings. The maximum absolute atomic E-state index is 5.92. The number of hydrogen-bond acceptors (Lipinski definition) is 5. The monoisotopic (exact) mass is 287 g/mol. The van der Waals surface area contributed by atoms with Gasteiger partial charge in [0.25, 0.3) is 0 Å². The van der Waals surface area contributed by atoms with Crippen LogP contribution < -0.4 is 4.74 Å². The highest BCUT2D eigenvalue weighted by Crippen LogP contribution is 2.26. The van der Waals surface area contributed by atoms with E-state index in [1.807, 2.05) is 31.2 Å². The van der Waals surface area contributed by atoms with Gasteiger partial charge in [0.15, 0.2) is 0 Å². The summed E-state index contributed by atoms with van der Waals surface area (Å²) in [5, 5.41) is 7.91. The molecule has 0 unspecified atom stereocenters. The van der Waals surface area contributed by atoms with Crippen molar-refractivity contribution in [1.82, 2.24) is 24.7 Å². The standard InChI is InChI=1S/C13H10ClN5O/c1-9-12(14)15-6-16-13(9)20-11-4-2-10(3-5-11)19-7-17-18-8-19/h2-8H,1H3. The third-order valence-corrected chi connectivity index (χ3v) is 3.13. The van der Waals surface area contributed by atoms with Crippen LogP contribution in [0.15, 0.2) is 43.2 Å². The van der Waals surface area contributed by atoms with E-state index in [0.29, 0.717) is 22.3 Å². The second-order valence-corrected chi connectivity index (χ2v) is 4.42. The average Bonchev–Trinajstić information content (AvgIpc) is 2.99. The van der Waals surface area contributed by atoms with Crippen LogP contribution in [-0.2, 0) is 0 Å². The molecule has 0 aliphatic heterocycles. The van der Waals surface area contributed by atoms with Crippen molar-refractivity contribution in [3.63, 3.8) is 0 Å². The smallest absolute Gasteiger partial charge is 0.226 e.